The largest absolute Gasteiger partial charge is 0.497 e. The molecule has 8 nitrogen and oxygen atoms in total. The third kappa shape index (κ3) is 4.89. The molecular weight excluding hydrogens is 362 g/mol. The first-order valence-electron chi connectivity index (χ1n) is 9.42. The summed E-state index contributed by atoms with van der Waals surface area (Å²) in [6.45, 7) is 2.24. The van der Waals surface area contributed by atoms with Gasteiger partial charge in [-0.2, -0.15) is 0 Å². The number of aromatic nitrogens is 2. The van der Waals surface area contributed by atoms with E-state index in [-0.39, 0.29) is 12.5 Å². The summed E-state index contributed by atoms with van der Waals surface area (Å²) in [7, 11) is 1.61. The molecule has 0 aliphatic rings. The number of nitrogens with zero attached hydrogens (tertiary/aromatic N) is 3. The standard InChI is InChI=1S/C20H25N3O5/c1-3-4-5-6-15(12-23(25)13-24)20-22-21-19(28-20)11-17-9-14-7-8-16(26-2)10-18(14)27-17/h7-10,13,15,25H,3-6,11-12H2,1-2H3/t15-/m1/s1. The quantitative estimate of drug-likeness (QED) is 0.230. The topological polar surface area (TPSA) is 102 Å². The van der Waals surface area contributed by atoms with Crippen molar-refractivity contribution in [2.45, 2.75) is 44.9 Å². The molecule has 28 heavy (non-hydrogen) atoms. The summed E-state index contributed by atoms with van der Waals surface area (Å²) in [5.41, 5.74) is 0.730. The Labute approximate surface area is 163 Å². The van der Waals surface area contributed by atoms with Gasteiger partial charge in [-0.05, 0) is 24.6 Å². The SMILES string of the molecule is CCCCC[C@H](CN(O)C=O)c1nnc(Cc2cc3ccc(OC)cc3o2)o1. The summed E-state index contributed by atoms with van der Waals surface area (Å²) < 4.78 is 16.9. The molecule has 8 heteroatoms. The maximum absolute atomic E-state index is 10.8. The van der Waals surface area contributed by atoms with Crippen molar-refractivity contribution < 1.29 is 23.6 Å². The van der Waals surface area contributed by atoms with Crippen LogP contribution in [0.4, 0.5) is 0 Å². The molecule has 1 amide bonds. The number of benzene rings is 1. The van der Waals surface area contributed by atoms with Crippen LogP contribution in [0.1, 0.15) is 56.1 Å². The fourth-order valence-corrected chi connectivity index (χ4v) is 3.14. The summed E-state index contributed by atoms with van der Waals surface area (Å²) in [5.74, 6) is 2.08. The van der Waals surface area contributed by atoms with Crippen molar-refractivity contribution in [3.63, 3.8) is 0 Å². The van der Waals surface area contributed by atoms with Crippen molar-refractivity contribution in [1.82, 2.24) is 15.3 Å². The summed E-state index contributed by atoms with van der Waals surface area (Å²) in [5, 5.41) is 19.4. The second-order valence-electron chi connectivity index (χ2n) is 6.75. The Hall–Kier alpha value is -2.87. The number of ether oxygens (including phenoxy) is 1. The average Bonchev–Trinajstić information content (AvgIpc) is 3.33. The summed E-state index contributed by atoms with van der Waals surface area (Å²) in [4.78, 5) is 10.8. The van der Waals surface area contributed by atoms with Gasteiger partial charge in [-0.15, -0.1) is 10.2 Å². The zero-order valence-electron chi connectivity index (χ0n) is 16.1. The van der Waals surface area contributed by atoms with Gasteiger partial charge in [0.1, 0.15) is 17.1 Å². The van der Waals surface area contributed by atoms with Gasteiger partial charge in [0.2, 0.25) is 18.2 Å². The Balaban J connectivity index is 1.72. The fraction of sp³-hybridized carbons (Fsp3) is 0.450. The van der Waals surface area contributed by atoms with E-state index in [2.05, 4.69) is 17.1 Å². The molecular formula is C20H25N3O5. The lowest BCUT2D eigenvalue weighted by atomic mass is 10.0. The first-order chi connectivity index (χ1) is 13.6. The fourth-order valence-electron chi connectivity index (χ4n) is 3.14. The highest BCUT2D eigenvalue weighted by atomic mass is 16.5. The zero-order valence-corrected chi connectivity index (χ0v) is 16.1. The zero-order chi connectivity index (χ0) is 19.9. The number of amides is 1. The van der Waals surface area contributed by atoms with Gasteiger partial charge in [0.05, 0.1) is 26.0 Å². The lowest BCUT2D eigenvalue weighted by Gasteiger charge is -2.16. The summed E-state index contributed by atoms with van der Waals surface area (Å²) in [6.07, 6.45) is 4.60. The van der Waals surface area contributed by atoms with Gasteiger partial charge in [0.15, 0.2) is 0 Å². The second-order valence-corrected chi connectivity index (χ2v) is 6.75. The smallest absolute Gasteiger partial charge is 0.233 e. The van der Waals surface area contributed by atoms with Crippen molar-refractivity contribution in [2.75, 3.05) is 13.7 Å². The highest BCUT2D eigenvalue weighted by Gasteiger charge is 2.21. The minimum atomic E-state index is -0.206. The van der Waals surface area contributed by atoms with Crippen LogP contribution in [-0.4, -0.2) is 40.5 Å². The van der Waals surface area contributed by atoms with Crippen molar-refractivity contribution in [2.24, 2.45) is 0 Å². The Bertz CT molecular complexity index is 904. The maximum atomic E-state index is 10.8. The lowest BCUT2D eigenvalue weighted by molar-refractivity contribution is -0.151. The van der Waals surface area contributed by atoms with Crippen molar-refractivity contribution in [3.05, 3.63) is 41.8 Å². The van der Waals surface area contributed by atoms with Crippen LogP contribution >= 0.6 is 0 Å². The van der Waals surface area contributed by atoms with Crippen LogP contribution in [0.3, 0.4) is 0 Å². The Kier molecular flexibility index (Phi) is 6.65. The van der Waals surface area contributed by atoms with Crippen molar-refractivity contribution in [3.8, 4) is 5.75 Å². The van der Waals surface area contributed by atoms with Gasteiger partial charge in [0, 0.05) is 11.5 Å². The van der Waals surface area contributed by atoms with Crippen molar-refractivity contribution >= 4 is 17.4 Å². The summed E-state index contributed by atoms with van der Waals surface area (Å²) in [6, 6.07) is 7.57. The van der Waals surface area contributed by atoms with Crippen molar-refractivity contribution in [1.29, 1.82) is 0 Å². The van der Waals surface area contributed by atoms with Crippen LogP contribution in [0.15, 0.2) is 33.1 Å². The number of carbonyl (C=O) groups is 1. The van der Waals surface area contributed by atoms with Gasteiger partial charge < -0.3 is 13.6 Å². The molecule has 3 rings (SSSR count). The molecule has 0 aliphatic heterocycles. The molecule has 0 aliphatic carbocycles. The van der Waals surface area contributed by atoms with Crippen LogP contribution in [0, 0.1) is 0 Å². The number of furan rings is 1. The van der Waals surface area contributed by atoms with Gasteiger partial charge in [0.25, 0.3) is 0 Å². The number of methoxy groups -OCH3 is 1. The van der Waals surface area contributed by atoms with Gasteiger partial charge in [-0.3, -0.25) is 10.0 Å². The molecule has 2 heterocycles. The van der Waals surface area contributed by atoms with E-state index in [4.69, 9.17) is 13.6 Å². The number of fused-ring (bicyclic) bond motifs is 1. The molecule has 1 N–H and O–H groups in total. The molecule has 1 aromatic carbocycles. The monoisotopic (exact) mass is 387 g/mol. The number of hydroxylamine groups is 2. The van der Waals surface area contributed by atoms with Crippen LogP contribution in [-0.2, 0) is 11.2 Å². The molecule has 1 atom stereocenters. The first kappa shape index (κ1) is 19.9. The second kappa shape index (κ2) is 9.36. The highest BCUT2D eigenvalue weighted by Crippen LogP contribution is 2.27. The minimum Gasteiger partial charge on any atom is -0.497 e. The lowest BCUT2D eigenvalue weighted by Crippen LogP contribution is -2.24. The normalized spacial score (nSPS) is 12.2. The van der Waals surface area contributed by atoms with Crippen LogP contribution in [0.2, 0.25) is 0 Å². The molecule has 0 spiro atoms. The van der Waals surface area contributed by atoms with E-state index in [0.29, 0.717) is 35.4 Å². The molecule has 0 saturated carbocycles. The number of hydrogen-bond acceptors (Lipinski definition) is 7. The molecule has 150 valence electrons. The van der Waals surface area contributed by atoms with Crippen LogP contribution < -0.4 is 4.74 Å². The molecule has 0 fully saturated rings. The van der Waals surface area contributed by atoms with E-state index in [9.17, 15) is 10.0 Å². The molecule has 0 saturated heterocycles. The number of hydrogen-bond donors (Lipinski definition) is 1. The molecule has 0 unspecified atom stereocenters. The van der Waals surface area contributed by atoms with E-state index >= 15 is 0 Å². The Morgan fingerprint density at radius 1 is 1.25 bits per heavy atom. The van der Waals surface area contributed by atoms with Gasteiger partial charge >= 0.3 is 0 Å². The first-order valence-corrected chi connectivity index (χ1v) is 9.42. The van der Waals surface area contributed by atoms with E-state index < -0.39 is 0 Å². The average molecular weight is 387 g/mol. The Morgan fingerprint density at radius 2 is 2.11 bits per heavy atom. The molecule has 3 aromatic rings. The maximum Gasteiger partial charge on any atom is 0.233 e. The minimum absolute atomic E-state index is 0.124. The third-order valence-corrected chi connectivity index (χ3v) is 4.62. The van der Waals surface area contributed by atoms with Gasteiger partial charge in [-0.25, -0.2) is 5.06 Å². The van der Waals surface area contributed by atoms with Crippen LogP contribution in [0.25, 0.3) is 11.0 Å². The van der Waals surface area contributed by atoms with E-state index in [1.165, 1.54) is 0 Å². The van der Waals surface area contributed by atoms with E-state index in [1.54, 1.807) is 7.11 Å². The molecule has 0 bridgehead atoms. The highest BCUT2D eigenvalue weighted by molar-refractivity contribution is 5.79. The number of rotatable bonds is 11. The Morgan fingerprint density at radius 3 is 2.86 bits per heavy atom. The predicted octanol–water partition coefficient (Wildman–Crippen LogP) is 3.93. The number of carbonyl (C=O) groups excluding carboxylic acids is 1. The number of unbranched alkanes of at least 4 members (excludes halogenated alkanes) is 2. The molecule has 2 aromatic heterocycles. The van der Waals surface area contributed by atoms with Gasteiger partial charge in [-0.1, -0.05) is 26.2 Å². The summed E-state index contributed by atoms with van der Waals surface area (Å²) >= 11 is 0. The third-order valence-electron chi connectivity index (χ3n) is 4.62. The van der Waals surface area contributed by atoms with Crippen LogP contribution in [0.5, 0.6) is 5.75 Å². The predicted molar refractivity (Wildman–Crippen MR) is 101 cm³/mol. The van der Waals surface area contributed by atoms with E-state index in [0.717, 1.165) is 42.4 Å². The van der Waals surface area contributed by atoms with E-state index in [1.807, 2.05) is 24.3 Å². The molecule has 0 radical (unpaired) electrons.